The third-order valence-corrected chi connectivity index (χ3v) is 3.27. The minimum Gasteiger partial charge on any atom is -0.497 e. The molecule has 0 aromatic carbocycles. The van der Waals surface area contributed by atoms with E-state index in [0.717, 1.165) is 0 Å². The van der Waals surface area contributed by atoms with Crippen molar-refractivity contribution in [2.24, 2.45) is 0 Å². The molecule has 2 rings (SSSR count). The van der Waals surface area contributed by atoms with Gasteiger partial charge >= 0.3 is 0 Å². The van der Waals surface area contributed by atoms with Gasteiger partial charge in [0.05, 0.1) is 19.8 Å². The lowest BCUT2D eigenvalue weighted by molar-refractivity contribution is -0.136. The van der Waals surface area contributed by atoms with Gasteiger partial charge < -0.3 is 19.7 Å². The normalized spacial score (nSPS) is 18.2. The van der Waals surface area contributed by atoms with Gasteiger partial charge in [-0.2, -0.15) is 0 Å². The molecule has 2 amide bonds. The van der Waals surface area contributed by atoms with E-state index < -0.39 is 0 Å². The van der Waals surface area contributed by atoms with E-state index in [2.05, 4.69) is 10.3 Å². The molecule has 0 saturated carbocycles. The van der Waals surface area contributed by atoms with Gasteiger partial charge in [-0.15, -0.1) is 0 Å². The molecule has 0 bridgehead atoms. The zero-order valence-corrected chi connectivity index (χ0v) is 12.2. The number of pyridine rings is 1. The number of aromatic nitrogens is 1. The molecule has 1 aromatic heterocycles. The highest BCUT2D eigenvalue weighted by Crippen LogP contribution is 2.10. The number of hydrogen-bond donors (Lipinski definition) is 1. The van der Waals surface area contributed by atoms with E-state index in [0.29, 0.717) is 32.0 Å². The number of carbonyl (C=O) groups excluding carboxylic acids is 2. The maximum absolute atomic E-state index is 12.0. The van der Waals surface area contributed by atoms with Crippen LogP contribution in [0.15, 0.2) is 18.3 Å². The SMILES string of the molecule is COc1ccnc(C(=O)NCC2CN(C(C)=O)CCO2)c1. The Balaban J connectivity index is 1.87. The summed E-state index contributed by atoms with van der Waals surface area (Å²) in [5.74, 6) is 0.299. The molecule has 114 valence electrons. The van der Waals surface area contributed by atoms with Crippen molar-refractivity contribution in [3.8, 4) is 5.75 Å². The van der Waals surface area contributed by atoms with Crippen LogP contribution >= 0.6 is 0 Å². The predicted molar refractivity (Wildman–Crippen MR) is 75.1 cm³/mol. The van der Waals surface area contributed by atoms with Crippen LogP contribution in [0, 0.1) is 0 Å². The van der Waals surface area contributed by atoms with E-state index in [1.54, 1.807) is 17.0 Å². The van der Waals surface area contributed by atoms with Gasteiger partial charge in [0.2, 0.25) is 5.91 Å². The Morgan fingerprint density at radius 3 is 3.10 bits per heavy atom. The molecular weight excluding hydrogens is 274 g/mol. The molecule has 1 unspecified atom stereocenters. The van der Waals surface area contributed by atoms with Gasteiger partial charge in [-0.25, -0.2) is 0 Å². The highest BCUT2D eigenvalue weighted by molar-refractivity contribution is 5.92. The first-order valence-corrected chi connectivity index (χ1v) is 6.75. The monoisotopic (exact) mass is 293 g/mol. The molecule has 2 heterocycles. The molecule has 1 saturated heterocycles. The summed E-state index contributed by atoms with van der Waals surface area (Å²) >= 11 is 0. The van der Waals surface area contributed by atoms with Gasteiger partial charge in [0.1, 0.15) is 11.4 Å². The summed E-state index contributed by atoms with van der Waals surface area (Å²) in [7, 11) is 1.53. The molecule has 1 aromatic rings. The van der Waals surface area contributed by atoms with Crippen LogP contribution in [0.25, 0.3) is 0 Å². The quantitative estimate of drug-likeness (QED) is 0.849. The summed E-state index contributed by atoms with van der Waals surface area (Å²) in [6.45, 7) is 3.43. The van der Waals surface area contributed by atoms with Crippen LogP contribution in [0.4, 0.5) is 0 Å². The summed E-state index contributed by atoms with van der Waals surface area (Å²) in [5.41, 5.74) is 0.286. The lowest BCUT2D eigenvalue weighted by Gasteiger charge is -2.32. The fourth-order valence-corrected chi connectivity index (χ4v) is 2.09. The molecule has 21 heavy (non-hydrogen) atoms. The molecule has 0 aliphatic carbocycles. The molecule has 7 nitrogen and oxygen atoms in total. The molecule has 1 aliphatic heterocycles. The van der Waals surface area contributed by atoms with Gasteiger partial charge in [0, 0.05) is 38.8 Å². The number of hydrogen-bond acceptors (Lipinski definition) is 5. The Morgan fingerprint density at radius 2 is 2.38 bits per heavy atom. The van der Waals surface area contributed by atoms with Crippen molar-refractivity contribution in [1.82, 2.24) is 15.2 Å². The van der Waals surface area contributed by atoms with Gasteiger partial charge in [0.25, 0.3) is 5.91 Å². The molecular formula is C14H19N3O4. The highest BCUT2D eigenvalue weighted by Gasteiger charge is 2.22. The Bertz CT molecular complexity index is 521. The first-order chi connectivity index (χ1) is 10.1. The Labute approximate surface area is 123 Å². The van der Waals surface area contributed by atoms with Crippen molar-refractivity contribution < 1.29 is 19.1 Å². The number of ether oxygens (including phenoxy) is 2. The Morgan fingerprint density at radius 1 is 1.57 bits per heavy atom. The van der Waals surface area contributed by atoms with E-state index in [-0.39, 0.29) is 23.6 Å². The van der Waals surface area contributed by atoms with Gasteiger partial charge in [0.15, 0.2) is 0 Å². The van der Waals surface area contributed by atoms with Crippen molar-refractivity contribution in [3.05, 3.63) is 24.0 Å². The minimum atomic E-state index is -0.294. The zero-order valence-electron chi connectivity index (χ0n) is 12.2. The number of morpholine rings is 1. The summed E-state index contributed by atoms with van der Waals surface area (Å²) < 4.78 is 10.6. The second-order valence-electron chi connectivity index (χ2n) is 4.75. The number of methoxy groups -OCH3 is 1. The number of nitrogens with zero attached hydrogens (tertiary/aromatic N) is 2. The Hall–Kier alpha value is -2.15. The number of carbonyl (C=O) groups is 2. The molecule has 0 spiro atoms. The summed E-state index contributed by atoms with van der Waals surface area (Å²) in [4.78, 5) is 29.0. The average Bonchev–Trinajstić information content (AvgIpc) is 2.53. The first-order valence-electron chi connectivity index (χ1n) is 6.75. The predicted octanol–water partition coefficient (Wildman–Crippen LogP) is 0.0673. The molecule has 7 heteroatoms. The van der Waals surface area contributed by atoms with Crippen LogP contribution in [-0.4, -0.2) is 61.2 Å². The number of rotatable bonds is 4. The van der Waals surface area contributed by atoms with Crippen molar-refractivity contribution in [2.45, 2.75) is 13.0 Å². The molecule has 1 N–H and O–H groups in total. The lowest BCUT2D eigenvalue weighted by Crippen LogP contribution is -2.49. The van der Waals surface area contributed by atoms with Crippen LogP contribution in [-0.2, 0) is 9.53 Å². The Kier molecular flexibility index (Phi) is 5.10. The second-order valence-corrected chi connectivity index (χ2v) is 4.75. The summed E-state index contributed by atoms with van der Waals surface area (Å²) in [6, 6.07) is 3.24. The van der Waals surface area contributed by atoms with E-state index >= 15 is 0 Å². The van der Waals surface area contributed by atoms with Crippen LogP contribution < -0.4 is 10.1 Å². The van der Waals surface area contributed by atoms with Crippen molar-refractivity contribution in [3.63, 3.8) is 0 Å². The van der Waals surface area contributed by atoms with E-state index in [4.69, 9.17) is 9.47 Å². The van der Waals surface area contributed by atoms with Crippen LogP contribution in [0.1, 0.15) is 17.4 Å². The lowest BCUT2D eigenvalue weighted by atomic mass is 10.2. The molecule has 1 atom stereocenters. The number of amides is 2. The van der Waals surface area contributed by atoms with Crippen molar-refractivity contribution in [2.75, 3.05) is 33.4 Å². The fraction of sp³-hybridized carbons (Fsp3) is 0.500. The maximum Gasteiger partial charge on any atom is 0.270 e. The third-order valence-electron chi connectivity index (χ3n) is 3.27. The largest absolute Gasteiger partial charge is 0.497 e. The minimum absolute atomic E-state index is 0.0177. The second kappa shape index (κ2) is 7.03. The van der Waals surface area contributed by atoms with Crippen LogP contribution in [0.3, 0.4) is 0 Å². The van der Waals surface area contributed by atoms with Crippen LogP contribution in [0.5, 0.6) is 5.75 Å². The molecule has 0 radical (unpaired) electrons. The maximum atomic E-state index is 12.0. The van der Waals surface area contributed by atoms with Crippen LogP contribution in [0.2, 0.25) is 0 Å². The van der Waals surface area contributed by atoms with E-state index in [1.807, 2.05) is 0 Å². The summed E-state index contributed by atoms with van der Waals surface area (Å²) in [6.07, 6.45) is 1.32. The average molecular weight is 293 g/mol. The van der Waals surface area contributed by atoms with Gasteiger partial charge in [-0.05, 0) is 6.07 Å². The topological polar surface area (TPSA) is 80.8 Å². The van der Waals surface area contributed by atoms with Crippen molar-refractivity contribution >= 4 is 11.8 Å². The fourth-order valence-electron chi connectivity index (χ4n) is 2.09. The molecule has 1 aliphatic rings. The van der Waals surface area contributed by atoms with E-state index in [9.17, 15) is 9.59 Å². The molecule has 1 fully saturated rings. The third kappa shape index (κ3) is 4.16. The summed E-state index contributed by atoms with van der Waals surface area (Å²) in [5, 5.41) is 2.76. The van der Waals surface area contributed by atoms with Gasteiger partial charge in [-0.1, -0.05) is 0 Å². The first kappa shape index (κ1) is 15.2. The highest BCUT2D eigenvalue weighted by atomic mass is 16.5. The van der Waals surface area contributed by atoms with Crippen molar-refractivity contribution in [1.29, 1.82) is 0 Å². The number of nitrogens with one attached hydrogen (secondary N) is 1. The van der Waals surface area contributed by atoms with Gasteiger partial charge in [-0.3, -0.25) is 14.6 Å². The van der Waals surface area contributed by atoms with E-state index in [1.165, 1.54) is 20.2 Å². The smallest absolute Gasteiger partial charge is 0.270 e. The standard InChI is InChI=1S/C14H19N3O4/c1-10(18)17-5-6-21-12(9-17)8-16-14(19)13-7-11(20-2)3-4-15-13/h3-4,7,12H,5-6,8-9H2,1-2H3,(H,16,19). The zero-order chi connectivity index (χ0) is 15.2.